The smallest absolute Gasteiger partial charge is 0.240 e. The van der Waals surface area contributed by atoms with Crippen molar-refractivity contribution < 1.29 is 8.42 Å². The van der Waals surface area contributed by atoms with Gasteiger partial charge in [-0.05, 0) is 42.3 Å². The van der Waals surface area contributed by atoms with Crippen molar-refractivity contribution in [2.24, 2.45) is 5.73 Å². The second-order valence-corrected chi connectivity index (χ2v) is 6.20. The summed E-state index contributed by atoms with van der Waals surface area (Å²) in [4.78, 5) is 4.32. The normalized spacial score (nSPS) is 11.5. The molecule has 0 aliphatic carbocycles. The lowest BCUT2D eigenvalue weighted by atomic mass is 10.1. The Kier molecular flexibility index (Phi) is 4.49. The highest BCUT2D eigenvalue weighted by atomic mass is 32.2. The van der Waals surface area contributed by atoms with Crippen molar-refractivity contribution in [3.05, 3.63) is 59.4 Å². The van der Waals surface area contributed by atoms with Gasteiger partial charge in [-0.25, -0.2) is 13.1 Å². The number of pyridine rings is 1. The van der Waals surface area contributed by atoms with Crippen molar-refractivity contribution in [1.29, 1.82) is 0 Å². The van der Waals surface area contributed by atoms with E-state index in [4.69, 9.17) is 5.73 Å². The molecule has 0 bridgehead atoms. The summed E-state index contributed by atoms with van der Waals surface area (Å²) in [7, 11) is -3.54. The molecule has 0 fully saturated rings. The number of nitrogens with zero attached hydrogens (tertiary/aromatic N) is 1. The van der Waals surface area contributed by atoms with Gasteiger partial charge in [-0.15, -0.1) is 0 Å². The largest absolute Gasteiger partial charge is 0.326 e. The predicted molar refractivity (Wildman–Crippen MR) is 77.3 cm³/mol. The Morgan fingerprint density at radius 3 is 2.65 bits per heavy atom. The number of sulfonamides is 1. The zero-order valence-corrected chi connectivity index (χ0v) is 12.0. The maximum atomic E-state index is 12.2. The molecule has 6 heteroatoms. The number of aryl methyl sites for hydroxylation is 1. The minimum atomic E-state index is -3.54. The molecule has 0 radical (unpaired) electrons. The van der Waals surface area contributed by atoms with Crippen molar-refractivity contribution in [1.82, 2.24) is 9.71 Å². The Labute approximate surface area is 118 Å². The summed E-state index contributed by atoms with van der Waals surface area (Å²) in [5.74, 6) is 0. The van der Waals surface area contributed by atoms with Gasteiger partial charge in [-0.2, -0.15) is 0 Å². The average Bonchev–Trinajstić information content (AvgIpc) is 2.46. The molecule has 5 nitrogen and oxygen atoms in total. The van der Waals surface area contributed by atoms with Crippen LogP contribution in [0.3, 0.4) is 0 Å². The molecule has 106 valence electrons. The molecular formula is C14H17N3O2S. The summed E-state index contributed by atoms with van der Waals surface area (Å²) >= 11 is 0. The Morgan fingerprint density at radius 2 is 2.05 bits per heavy atom. The van der Waals surface area contributed by atoms with Gasteiger partial charge in [0.1, 0.15) is 0 Å². The molecule has 1 aromatic carbocycles. The predicted octanol–water partition coefficient (Wildman–Crippen LogP) is 1.33. The fourth-order valence-corrected chi connectivity index (χ4v) is 2.90. The highest BCUT2D eigenvalue weighted by Crippen LogP contribution is 2.15. The van der Waals surface area contributed by atoms with Crippen molar-refractivity contribution in [2.45, 2.75) is 24.9 Å². The van der Waals surface area contributed by atoms with Gasteiger partial charge in [0.05, 0.1) is 17.1 Å². The number of hydrogen-bond donors (Lipinski definition) is 2. The standard InChI is InChI=1S/C14H17N3O2S/c1-11-8-14(6-5-12(11)9-15)20(18,19)17-10-13-4-2-3-7-16-13/h2-8,17H,9-10,15H2,1H3. The molecule has 0 atom stereocenters. The van der Waals surface area contributed by atoms with Crippen LogP contribution in [0.2, 0.25) is 0 Å². The van der Waals surface area contributed by atoms with Crippen LogP contribution in [-0.2, 0) is 23.1 Å². The van der Waals surface area contributed by atoms with Gasteiger partial charge in [0.15, 0.2) is 0 Å². The Morgan fingerprint density at radius 1 is 1.25 bits per heavy atom. The third-order valence-corrected chi connectivity index (χ3v) is 4.41. The van der Waals surface area contributed by atoms with Crippen LogP contribution in [0.15, 0.2) is 47.5 Å². The summed E-state index contributed by atoms with van der Waals surface area (Å²) < 4.78 is 26.9. The maximum Gasteiger partial charge on any atom is 0.240 e. The zero-order chi connectivity index (χ0) is 14.6. The first-order chi connectivity index (χ1) is 9.53. The van der Waals surface area contributed by atoms with E-state index in [1.165, 1.54) is 0 Å². The molecule has 0 aliphatic rings. The zero-order valence-electron chi connectivity index (χ0n) is 11.2. The van der Waals surface area contributed by atoms with E-state index in [0.717, 1.165) is 11.1 Å². The number of hydrogen-bond acceptors (Lipinski definition) is 4. The Bertz CT molecular complexity index is 685. The minimum Gasteiger partial charge on any atom is -0.326 e. The Balaban J connectivity index is 2.16. The quantitative estimate of drug-likeness (QED) is 0.870. The average molecular weight is 291 g/mol. The van der Waals surface area contributed by atoms with E-state index in [-0.39, 0.29) is 11.4 Å². The van der Waals surface area contributed by atoms with Crippen LogP contribution < -0.4 is 10.5 Å². The molecule has 0 amide bonds. The molecule has 0 spiro atoms. The van der Waals surface area contributed by atoms with Gasteiger partial charge in [-0.1, -0.05) is 12.1 Å². The van der Waals surface area contributed by atoms with E-state index in [2.05, 4.69) is 9.71 Å². The minimum absolute atomic E-state index is 0.168. The van der Waals surface area contributed by atoms with Gasteiger partial charge in [-0.3, -0.25) is 4.98 Å². The molecule has 0 saturated carbocycles. The third-order valence-electron chi connectivity index (χ3n) is 3.01. The van der Waals surface area contributed by atoms with Gasteiger partial charge in [0.2, 0.25) is 10.0 Å². The van der Waals surface area contributed by atoms with E-state index in [0.29, 0.717) is 12.2 Å². The highest BCUT2D eigenvalue weighted by molar-refractivity contribution is 7.89. The molecule has 0 unspecified atom stereocenters. The molecule has 2 rings (SSSR count). The summed E-state index contributed by atoms with van der Waals surface area (Å²) in [6.45, 7) is 2.41. The molecule has 1 aromatic heterocycles. The van der Waals surface area contributed by atoms with E-state index >= 15 is 0 Å². The number of nitrogens with two attached hydrogens (primary N) is 1. The van der Waals surface area contributed by atoms with E-state index < -0.39 is 10.0 Å². The first-order valence-electron chi connectivity index (χ1n) is 6.22. The number of benzene rings is 1. The highest BCUT2D eigenvalue weighted by Gasteiger charge is 2.14. The lowest BCUT2D eigenvalue weighted by molar-refractivity contribution is 0.580. The lowest BCUT2D eigenvalue weighted by Crippen LogP contribution is -2.23. The maximum absolute atomic E-state index is 12.2. The van der Waals surface area contributed by atoms with E-state index in [1.54, 1.807) is 36.5 Å². The third kappa shape index (κ3) is 3.41. The lowest BCUT2D eigenvalue weighted by Gasteiger charge is -2.09. The molecule has 3 N–H and O–H groups in total. The van der Waals surface area contributed by atoms with Gasteiger partial charge in [0.25, 0.3) is 0 Å². The van der Waals surface area contributed by atoms with Crippen LogP contribution in [0, 0.1) is 6.92 Å². The van der Waals surface area contributed by atoms with Crippen molar-refractivity contribution in [3.8, 4) is 0 Å². The second kappa shape index (κ2) is 6.13. The van der Waals surface area contributed by atoms with Gasteiger partial charge in [0, 0.05) is 12.7 Å². The number of nitrogens with one attached hydrogen (secondary N) is 1. The van der Waals surface area contributed by atoms with Crippen LogP contribution >= 0.6 is 0 Å². The summed E-state index contributed by atoms with van der Waals surface area (Å²) in [5, 5.41) is 0. The van der Waals surface area contributed by atoms with E-state index in [9.17, 15) is 8.42 Å². The van der Waals surface area contributed by atoms with Gasteiger partial charge >= 0.3 is 0 Å². The first kappa shape index (κ1) is 14.6. The van der Waals surface area contributed by atoms with Crippen LogP contribution in [-0.4, -0.2) is 13.4 Å². The SMILES string of the molecule is Cc1cc(S(=O)(=O)NCc2ccccn2)ccc1CN. The van der Waals surface area contributed by atoms with Crippen molar-refractivity contribution >= 4 is 10.0 Å². The van der Waals surface area contributed by atoms with E-state index in [1.807, 2.05) is 13.0 Å². The first-order valence-corrected chi connectivity index (χ1v) is 7.70. The van der Waals surface area contributed by atoms with Gasteiger partial charge < -0.3 is 5.73 Å². The molecule has 1 heterocycles. The fourth-order valence-electron chi connectivity index (χ4n) is 1.82. The fraction of sp³-hybridized carbons (Fsp3) is 0.214. The van der Waals surface area contributed by atoms with Crippen LogP contribution in [0.25, 0.3) is 0 Å². The molecule has 0 aliphatic heterocycles. The number of aromatic nitrogens is 1. The molecule has 0 saturated heterocycles. The van der Waals surface area contributed by atoms with Crippen LogP contribution in [0.1, 0.15) is 16.8 Å². The topological polar surface area (TPSA) is 85.1 Å². The molecule has 2 aromatic rings. The summed E-state index contributed by atoms with van der Waals surface area (Å²) in [6.07, 6.45) is 1.63. The van der Waals surface area contributed by atoms with Crippen molar-refractivity contribution in [2.75, 3.05) is 0 Å². The Hall–Kier alpha value is -1.76. The van der Waals surface area contributed by atoms with Crippen LogP contribution in [0.4, 0.5) is 0 Å². The summed E-state index contributed by atoms with van der Waals surface area (Å²) in [5.41, 5.74) is 8.05. The van der Waals surface area contributed by atoms with Crippen LogP contribution in [0.5, 0.6) is 0 Å². The second-order valence-electron chi connectivity index (χ2n) is 4.44. The monoisotopic (exact) mass is 291 g/mol. The van der Waals surface area contributed by atoms with Crippen molar-refractivity contribution in [3.63, 3.8) is 0 Å². The molecular weight excluding hydrogens is 274 g/mol. The summed E-state index contributed by atoms with van der Waals surface area (Å²) in [6, 6.07) is 10.3. The number of rotatable bonds is 5. The molecule has 20 heavy (non-hydrogen) atoms.